The highest BCUT2D eigenvalue weighted by molar-refractivity contribution is 6.00. The summed E-state index contributed by atoms with van der Waals surface area (Å²) in [5.74, 6) is 1.89. The molecule has 2 aromatic rings. The van der Waals surface area contributed by atoms with Gasteiger partial charge in [-0.15, -0.1) is 0 Å². The van der Waals surface area contributed by atoms with Gasteiger partial charge in [0, 0.05) is 50.4 Å². The molecule has 2 aliphatic heterocycles. The van der Waals surface area contributed by atoms with Crippen LogP contribution in [0.3, 0.4) is 0 Å². The van der Waals surface area contributed by atoms with Gasteiger partial charge in [-0.05, 0) is 37.8 Å². The van der Waals surface area contributed by atoms with Crippen molar-refractivity contribution in [3.8, 4) is 11.4 Å². The fourth-order valence-electron chi connectivity index (χ4n) is 3.94. The number of pyridine rings is 1. The normalized spacial score (nSPS) is 22.5. The van der Waals surface area contributed by atoms with Crippen LogP contribution in [-0.4, -0.2) is 64.6 Å². The van der Waals surface area contributed by atoms with Gasteiger partial charge in [-0.3, -0.25) is 9.59 Å². The molecule has 9 nitrogen and oxygen atoms in total. The molecule has 2 amide bonds. The third-order valence-electron chi connectivity index (χ3n) is 5.87. The monoisotopic (exact) mass is 396 g/mol. The van der Waals surface area contributed by atoms with Gasteiger partial charge in [-0.2, -0.15) is 4.98 Å². The molecule has 4 heterocycles. The number of hydrogen-bond acceptors (Lipinski definition) is 7. The van der Waals surface area contributed by atoms with E-state index < -0.39 is 5.92 Å². The van der Waals surface area contributed by atoms with Gasteiger partial charge in [-0.1, -0.05) is 5.16 Å². The molecule has 0 bridgehead atoms. The van der Waals surface area contributed by atoms with Gasteiger partial charge in [0.1, 0.15) is 11.7 Å². The zero-order valence-corrected chi connectivity index (χ0v) is 16.2. The number of nitrogens with one attached hydrogen (secondary N) is 1. The molecule has 0 aromatic carbocycles. The van der Waals surface area contributed by atoms with E-state index in [0.29, 0.717) is 50.9 Å². The number of piperazine rings is 1. The van der Waals surface area contributed by atoms with Crippen LogP contribution in [0.15, 0.2) is 22.9 Å². The molecule has 152 valence electrons. The summed E-state index contributed by atoms with van der Waals surface area (Å²) in [5.41, 5.74) is 0.835. The van der Waals surface area contributed by atoms with Crippen LogP contribution in [0.2, 0.25) is 0 Å². The fourth-order valence-corrected chi connectivity index (χ4v) is 3.94. The molecule has 2 saturated heterocycles. The van der Waals surface area contributed by atoms with E-state index in [0.717, 1.165) is 36.5 Å². The summed E-state index contributed by atoms with van der Waals surface area (Å²) >= 11 is 0. The average Bonchev–Trinajstić information content (AvgIpc) is 3.50. The molecule has 1 unspecified atom stereocenters. The van der Waals surface area contributed by atoms with Crippen LogP contribution >= 0.6 is 0 Å². The molecule has 2 aromatic heterocycles. The third-order valence-corrected chi connectivity index (χ3v) is 5.87. The van der Waals surface area contributed by atoms with Crippen molar-refractivity contribution < 1.29 is 14.1 Å². The smallest absolute Gasteiger partial charge is 0.235 e. The molecule has 1 N–H and O–H groups in total. The Balaban J connectivity index is 1.19. The lowest BCUT2D eigenvalue weighted by molar-refractivity contribution is -0.143. The number of nitrogens with zero attached hydrogens (tertiary/aromatic N) is 5. The number of carbonyl (C=O) groups is 2. The first-order chi connectivity index (χ1) is 14.2. The molecule has 1 saturated carbocycles. The van der Waals surface area contributed by atoms with E-state index in [-0.39, 0.29) is 11.8 Å². The summed E-state index contributed by atoms with van der Waals surface area (Å²) in [6.45, 7) is 3.26. The third kappa shape index (κ3) is 3.68. The van der Waals surface area contributed by atoms with Gasteiger partial charge in [0.2, 0.25) is 23.5 Å². The lowest BCUT2D eigenvalue weighted by Crippen LogP contribution is -2.53. The number of anilines is 1. The number of amides is 2. The minimum absolute atomic E-state index is 0.0475. The minimum atomic E-state index is -0.525. The van der Waals surface area contributed by atoms with E-state index in [1.165, 1.54) is 0 Å². The number of piperidine rings is 1. The minimum Gasteiger partial charge on any atom is -0.355 e. The van der Waals surface area contributed by atoms with E-state index in [1.54, 1.807) is 11.1 Å². The average molecular weight is 396 g/mol. The molecule has 0 radical (unpaired) electrons. The quantitative estimate of drug-likeness (QED) is 0.774. The van der Waals surface area contributed by atoms with Crippen molar-refractivity contribution in [3.05, 3.63) is 24.2 Å². The summed E-state index contributed by atoms with van der Waals surface area (Å²) in [4.78, 5) is 37.6. The van der Waals surface area contributed by atoms with E-state index in [2.05, 4.69) is 25.3 Å². The van der Waals surface area contributed by atoms with Crippen LogP contribution < -0.4 is 10.2 Å². The molecule has 0 spiro atoms. The number of hydrogen-bond donors (Lipinski definition) is 1. The second-order valence-corrected chi connectivity index (χ2v) is 7.93. The van der Waals surface area contributed by atoms with Crippen LogP contribution in [0.1, 0.15) is 37.5 Å². The van der Waals surface area contributed by atoms with E-state index in [9.17, 15) is 9.59 Å². The Morgan fingerprint density at radius 2 is 1.97 bits per heavy atom. The Morgan fingerprint density at radius 3 is 2.66 bits per heavy atom. The second kappa shape index (κ2) is 7.46. The van der Waals surface area contributed by atoms with Gasteiger partial charge in [0.25, 0.3) is 0 Å². The molecular weight excluding hydrogens is 372 g/mol. The number of rotatable bonds is 4. The maximum Gasteiger partial charge on any atom is 0.235 e. The van der Waals surface area contributed by atoms with Gasteiger partial charge < -0.3 is 19.6 Å². The van der Waals surface area contributed by atoms with Crippen LogP contribution in [0.25, 0.3) is 11.4 Å². The Kier molecular flexibility index (Phi) is 4.65. The van der Waals surface area contributed by atoms with Crippen molar-refractivity contribution in [1.82, 2.24) is 25.3 Å². The van der Waals surface area contributed by atoms with Crippen LogP contribution in [0.5, 0.6) is 0 Å². The summed E-state index contributed by atoms with van der Waals surface area (Å²) in [5, 5.41) is 6.85. The molecule has 1 atom stereocenters. The van der Waals surface area contributed by atoms with Crippen molar-refractivity contribution in [1.29, 1.82) is 0 Å². The molecule has 29 heavy (non-hydrogen) atoms. The fraction of sp³-hybridized carbons (Fsp3) is 0.550. The van der Waals surface area contributed by atoms with Gasteiger partial charge in [-0.25, -0.2) is 4.98 Å². The summed E-state index contributed by atoms with van der Waals surface area (Å²) in [6.07, 6.45) is 5.52. The zero-order valence-electron chi connectivity index (χ0n) is 16.2. The zero-order chi connectivity index (χ0) is 19.8. The summed E-state index contributed by atoms with van der Waals surface area (Å²) in [7, 11) is 0. The van der Waals surface area contributed by atoms with Gasteiger partial charge in [0.15, 0.2) is 0 Å². The predicted molar refractivity (Wildman–Crippen MR) is 104 cm³/mol. The van der Waals surface area contributed by atoms with Crippen LogP contribution in [-0.2, 0) is 9.59 Å². The second-order valence-electron chi connectivity index (χ2n) is 7.93. The number of aromatic nitrogens is 3. The lowest BCUT2D eigenvalue weighted by atomic mass is 9.97. The van der Waals surface area contributed by atoms with E-state index >= 15 is 0 Å². The standard InChI is InChI=1S/C20H24N6O3/c27-18-15(2-1-7-21-18)20(28)26-10-8-25(9-11-26)16-6-5-14(12-22-16)17-23-19(29-24-17)13-3-4-13/h5-6,12-13,15H,1-4,7-11H2,(H,21,27). The summed E-state index contributed by atoms with van der Waals surface area (Å²) in [6, 6.07) is 3.91. The molecular formula is C20H24N6O3. The van der Waals surface area contributed by atoms with Crippen LogP contribution in [0, 0.1) is 5.92 Å². The van der Waals surface area contributed by atoms with Crippen molar-refractivity contribution in [2.75, 3.05) is 37.6 Å². The maximum atomic E-state index is 12.7. The maximum absolute atomic E-state index is 12.7. The highest BCUT2D eigenvalue weighted by Crippen LogP contribution is 2.39. The van der Waals surface area contributed by atoms with E-state index in [1.807, 2.05) is 12.1 Å². The first-order valence-corrected chi connectivity index (χ1v) is 10.3. The van der Waals surface area contributed by atoms with Crippen molar-refractivity contribution in [2.24, 2.45) is 5.92 Å². The molecule has 1 aliphatic carbocycles. The first-order valence-electron chi connectivity index (χ1n) is 10.3. The Bertz CT molecular complexity index is 899. The molecule has 9 heteroatoms. The Morgan fingerprint density at radius 1 is 1.14 bits per heavy atom. The van der Waals surface area contributed by atoms with Crippen LogP contribution in [0.4, 0.5) is 5.82 Å². The molecule has 5 rings (SSSR count). The first kappa shape index (κ1) is 18.1. The van der Waals surface area contributed by atoms with E-state index in [4.69, 9.17) is 4.52 Å². The van der Waals surface area contributed by atoms with Crippen molar-refractivity contribution in [3.63, 3.8) is 0 Å². The largest absolute Gasteiger partial charge is 0.355 e. The van der Waals surface area contributed by atoms with Crippen molar-refractivity contribution in [2.45, 2.75) is 31.6 Å². The lowest BCUT2D eigenvalue weighted by Gasteiger charge is -2.37. The molecule has 3 fully saturated rings. The summed E-state index contributed by atoms with van der Waals surface area (Å²) < 4.78 is 5.32. The SMILES string of the molecule is O=C1NCCCC1C(=O)N1CCN(c2ccc(-c3noc(C4CC4)n3)cn2)CC1. The highest BCUT2D eigenvalue weighted by atomic mass is 16.5. The predicted octanol–water partition coefficient (Wildman–Crippen LogP) is 1.18. The van der Waals surface area contributed by atoms with Gasteiger partial charge >= 0.3 is 0 Å². The topological polar surface area (TPSA) is 104 Å². The van der Waals surface area contributed by atoms with Crippen molar-refractivity contribution >= 4 is 17.6 Å². The van der Waals surface area contributed by atoms with Gasteiger partial charge in [0.05, 0.1) is 0 Å². The Hall–Kier alpha value is -2.97. The highest BCUT2D eigenvalue weighted by Gasteiger charge is 2.34. The molecule has 3 aliphatic rings. The Labute approximate surface area is 168 Å². The number of carbonyl (C=O) groups excluding carboxylic acids is 2.